The quantitative estimate of drug-likeness (QED) is 0.811. The number of hydrogen-bond acceptors (Lipinski definition) is 6. The smallest absolute Gasteiger partial charge is 0.341 e. The number of aryl methyl sites for hydroxylation is 1. The Kier molecular flexibility index (Phi) is 3.30. The zero-order chi connectivity index (χ0) is 15.0. The van der Waals surface area contributed by atoms with Crippen molar-refractivity contribution < 1.29 is 14.6 Å². The second-order valence-corrected chi connectivity index (χ2v) is 4.75. The number of carboxylic acids is 1. The summed E-state index contributed by atoms with van der Waals surface area (Å²) in [6.07, 6.45) is 1.17. The van der Waals surface area contributed by atoms with E-state index in [1.807, 2.05) is 4.90 Å². The Morgan fingerprint density at radius 2 is 2.10 bits per heavy atom. The molecule has 0 aliphatic carbocycles. The van der Waals surface area contributed by atoms with E-state index < -0.39 is 11.4 Å². The maximum atomic E-state index is 12.4. The van der Waals surface area contributed by atoms with E-state index in [9.17, 15) is 9.59 Å². The maximum Gasteiger partial charge on any atom is 0.341 e. The highest BCUT2D eigenvalue weighted by Crippen LogP contribution is 2.21. The third-order valence-corrected chi connectivity index (χ3v) is 3.37. The van der Waals surface area contributed by atoms with Crippen LogP contribution < -0.4 is 10.3 Å². The second-order valence-electron chi connectivity index (χ2n) is 4.75. The van der Waals surface area contributed by atoms with Crippen molar-refractivity contribution in [3.05, 3.63) is 27.8 Å². The Balaban J connectivity index is 2.28. The molecule has 3 rings (SSSR count). The highest BCUT2D eigenvalue weighted by atomic mass is 16.5. The summed E-state index contributed by atoms with van der Waals surface area (Å²) >= 11 is 0. The molecule has 0 bridgehead atoms. The first kappa shape index (κ1) is 13.5. The van der Waals surface area contributed by atoms with Gasteiger partial charge in [-0.15, -0.1) is 0 Å². The maximum absolute atomic E-state index is 12.4. The van der Waals surface area contributed by atoms with Crippen LogP contribution in [0.5, 0.6) is 0 Å². The molecular formula is C13H14N4O4. The van der Waals surface area contributed by atoms with Gasteiger partial charge in [0.1, 0.15) is 28.2 Å². The molecule has 3 heterocycles. The predicted molar refractivity (Wildman–Crippen MR) is 74.9 cm³/mol. The Labute approximate surface area is 119 Å². The van der Waals surface area contributed by atoms with Crippen LogP contribution in [0, 0.1) is 6.92 Å². The first-order chi connectivity index (χ1) is 10.1. The minimum Gasteiger partial charge on any atom is -0.477 e. The number of rotatable bonds is 2. The molecule has 2 N–H and O–H groups in total. The standard InChI is InChI=1S/C13H14N4O4/c1-7-15-11-9(10(18)8(6-14-11)13(19)20)12(16-7)17-2-4-21-5-3-17/h6H,2-5H2,1H3,(H,19,20)(H,14,15,16,18). The molecule has 0 amide bonds. The number of carboxylic acid groups (broad SMARTS) is 1. The minimum atomic E-state index is -1.27. The summed E-state index contributed by atoms with van der Waals surface area (Å²) in [6, 6.07) is 0. The fraction of sp³-hybridized carbons (Fsp3) is 0.385. The van der Waals surface area contributed by atoms with Crippen LogP contribution in [-0.2, 0) is 4.74 Å². The molecule has 2 aromatic rings. The zero-order valence-electron chi connectivity index (χ0n) is 11.4. The molecule has 0 atom stereocenters. The molecule has 0 unspecified atom stereocenters. The van der Waals surface area contributed by atoms with Gasteiger partial charge in [-0.05, 0) is 6.92 Å². The van der Waals surface area contributed by atoms with Crippen LogP contribution in [0.3, 0.4) is 0 Å². The number of anilines is 1. The number of ether oxygens (including phenoxy) is 1. The molecule has 0 aromatic carbocycles. The van der Waals surface area contributed by atoms with E-state index in [1.165, 1.54) is 6.20 Å². The van der Waals surface area contributed by atoms with Gasteiger partial charge in [0.25, 0.3) is 0 Å². The molecule has 0 spiro atoms. The highest BCUT2D eigenvalue weighted by Gasteiger charge is 2.21. The molecule has 8 heteroatoms. The summed E-state index contributed by atoms with van der Waals surface area (Å²) in [5.41, 5.74) is -0.541. The van der Waals surface area contributed by atoms with Gasteiger partial charge in [0.2, 0.25) is 5.43 Å². The number of aromatic amines is 1. The molecule has 21 heavy (non-hydrogen) atoms. The number of pyridine rings is 1. The second kappa shape index (κ2) is 5.13. The van der Waals surface area contributed by atoms with Crippen LogP contribution in [0.25, 0.3) is 11.0 Å². The van der Waals surface area contributed by atoms with Crippen LogP contribution in [-0.4, -0.2) is 52.3 Å². The fourth-order valence-corrected chi connectivity index (χ4v) is 2.37. The average molecular weight is 290 g/mol. The van der Waals surface area contributed by atoms with Crippen LogP contribution in [0.15, 0.2) is 11.0 Å². The van der Waals surface area contributed by atoms with Gasteiger partial charge in [-0.1, -0.05) is 0 Å². The van der Waals surface area contributed by atoms with E-state index in [4.69, 9.17) is 9.84 Å². The molecule has 0 saturated carbocycles. The SMILES string of the molecule is Cc1nc(N2CCOCC2)c2c(=O)c(C(=O)O)c[nH]c2n1. The molecule has 1 aliphatic heterocycles. The van der Waals surface area contributed by atoms with Gasteiger partial charge < -0.3 is 19.7 Å². The van der Waals surface area contributed by atoms with Gasteiger partial charge in [0.15, 0.2) is 0 Å². The van der Waals surface area contributed by atoms with Crippen molar-refractivity contribution in [3.63, 3.8) is 0 Å². The third-order valence-electron chi connectivity index (χ3n) is 3.37. The Bertz CT molecular complexity index is 765. The summed E-state index contributed by atoms with van der Waals surface area (Å²) in [5, 5.41) is 9.30. The van der Waals surface area contributed by atoms with Crippen molar-refractivity contribution in [1.82, 2.24) is 15.0 Å². The number of nitrogens with one attached hydrogen (secondary N) is 1. The summed E-state index contributed by atoms with van der Waals surface area (Å²) in [4.78, 5) is 36.7. The van der Waals surface area contributed by atoms with Crippen molar-refractivity contribution in [2.45, 2.75) is 6.92 Å². The Hall–Kier alpha value is -2.48. The zero-order valence-corrected chi connectivity index (χ0v) is 11.4. The van der Waals surface area contributed by atoms with E-state index in [-0.39, 0.29) is 10.9 Å². The minimum absolute atomic E-state index is 0.211. The molecule has 1 aliphatic rings. The number of nitrogens with zero attached hydrogens (tertiary/aromatic N) is 3. The third kappa shape index (κ3) is 2.33. The van der Waals surface area contributed by atoms with Crippen molar-refractivity contribution in [2.24, 2.45) is 0 Å². The van der Waals surface area contributed by atoms with Crippen LogP contribution in [0.2, 0.25) is 0 Å². The van der Waals surface area contributed by atoms with E-state index in [2.05, 4.69) is 15.0 Å². The molecule has 2 aromatic heterocycles. The molecule has 1 fully saturated rings. The molecule has 110 valence electrons. The topological polar surface area (TPSA) is 108 Å². The number of carbonyl (C=O) groups is 1. The number of aromatic carboxylic acids is 1. The fourth-order valence-electron chi connectivity index (χ4n) is 2.37. The molecule has 1 saturated heterocycles. The number of hydrogen-bond donors (Lipinski definition) is 2. The van der Waals surface area contributed by atoms with Crippen molar-refractivity contribution in [3.8, 4) is 0 Å². The first-order valence-electron chi connectivity index (χ1n) is 6.54. The number of aromatic nitrogens is 3. The average Bonchev–Trinajstić information content (AvgIpc) is 2.47. The summed E-state index contributed by atoms with van der Waals surface area (Å²) < 4.78 is 5.29. The molecule has 0 radical (unpaired) electrons. The van der Waals surface area contributed by atoms with Gasteiger partial charge in [-0.25, -0.2) is 14.8 Å². The van der Waals surface area contributed by atoms with Gasteiger partial charge in [-0.3, -0.25) is 4.79 Å². The number of fused-ring (bicyclic) bond motifs is 1. The number of H-pyrrole nitrogens is 1. The van der Waals surface area contributed by atoms with Crippen LogP contribution >= 0.6 is 0 Å². The first-order valence-corrected chi connectivity index (χ1v) is 6.54. The van der Waals surface area contributed by atoms with Gasteiger partial charge in [0, 0.05) is 19.3 Å². The predicted octanol–water partition coefficient (Wildman–Crippen LogP) is 0.161. The summed E-state index contributed by atoms with van der Waals surface area (Å²) in [7, 11) is 0. The Morgan fingerprint density at radius 1 is 1.38 bits per heavy atom. The van der Waals surface area contributed by atoms with Crippen LogP contribution in [0.1, 0.15) is 16.2 Å². The highest BCUT2D eigenvalue weighted by molar-refractivity contribution is 5.95. The lowest BCUT2D eigenvalue weighted by Crippen LogP contribution is -2.37. The monoisotopic (exact) mass is 290 g/mol. The lowest BCUT2D eigenvalue weighted by Gasteiger charge is -2.28. The van der Waals surface area contributed by atoms with Gasteiger partial charge >= 0.3 is 5.97 Å². The normalized spacial score (nSPS) is 15.4. The summed E-state index contributed by atoms with van der Waals surface area (Å²) in [5.74, 6) is -0.292. The molecule has 8 nitrogen and oxygen atoms in total. The van der Waals surface area contributed by atoms with E-state index in [1.54, 1.807) is 6.92 Å². The van der Waals surface area contributed by atoms with E-state index >= 15 is 0 Å². The lowest BCUT2D eigenvalue weighted by molar-refractivity contribution is 0.0695. The lowest BCUT2D eigenvalue weighted by atomic mass is 10.2. The van der Waals surface area contributed by atoms with Crippen molar-refractivity contribution in [1.29, 1.82) is 0 Å². The van der Waals surface area contributed by atoms with Gasteiger partial charge in [-0.2, -0.15) is 0 Å². The van der Waals surface area contributed by atoms with Crippen molar-refractivity contribution in [2.75, 3.05) is 31.2 Å². The van der Waals surface area contributed by atoms with Gasteiger partial charge in [0.05, 0.1) is 13.2 Å². The molecular weight excluding hydrogens is 276 g/mol. The Morgan fingerprint density at radius 3 is 2.76 bits per heavy atom. The summed E-state index contributed by atoms with van der Waals surface area (Å²) in [6.45, 7) is 4.01. The number of morpholine rings is 1. The van der Waals surface area contributed by atoms with Crippen molar-refractivity contribution >= 4 is 22.8 Å². The van der Waals surface area contributed by atoms with E-state index in [0.29, 0.717) is 43.6 Å². The largest absolute Gasteiger partial charge is 0.477 e. The van der Waals surface area contributed by atoms with Crippen LogP contribution in [0.4, 0.5) is 5.82 Å². The van der Waals surface area contributed by atoms with E-state index in [0.717, 1.165) is 0 Å².